The summed E-state index contributed by atoms with van der Waals surface area (Å²) >= 11 is 11.9. The van der Waals surface area contributed by atoms with Crippen LogP contribution >= 0.6 is 23.2 Å². The molecular weight excluding hydrogens is 532 g/mol. The van der Waals surface area contributed by atoms with Crippen molar-refractivity contribution < 1.29 is 23.5 Å². The Hall–Kier alpha value is -2.55. The molecule has 2 aromatic rings. The fourth-order valence-electron chi connectivity index (χ4n) is 4.98. The predicted molar refractivity (Wildman–Crippen MR) is 146 cm³/mol. The van der Waals surface area contributed by atoms with Crippen LogP contribution in [0.5, 0.6) is 11.5 Å². The minimum atomic E-state index is -0.582. The van der Waals surface area contributed by atoms with Gasteiger partial charge in [-0.1, -0.05) is 23.2 Å². The number of carbonyl (C=O) groups is 2. The highest BCUT2D eigenvalue weighted by Gasteiger charge is 2.30. The molecule has 1 N–H and O–H groups in total. The monoisotopic (exact) mass is 565 g/mol. The van der Waals surface area contributed by atoms with Gasteiger partial charge in [0.05, 0.1) is 21.7 Å². The van der Waals surface area contributed by atoms with Gasteiger partial charge in [-0.3, -0.25) is 9.59 Å². The van der Waals surface area contributed by atoms with Gasteiger partial charge in [0.1, 0.15) is 17.3 Å². The van der Waals surface area contributed by atoms with E-state index < -0.39 is 11.7 Å². The van der Waals surface area contributed by atoms with Crippen LogP contribution in [0.1, 0.15) is 49.9 Å². The second kappa shape index (κ2) is 13.0. The molecule has 10 heteroatoms. The Morgan fingerprint density at radius 1 is 0.974 bits per heavy atom. The molecule has 0 saturated carbocycles. The Morgan fingerprint density at radius 2 is 1.66 bits per heavy atom. The molecule has 2 amide bonds. The first kappa shape index (κ1) is 28.5. The van der Waals surface area contributed by atoms with E-state index in [0.29, 0.717) is 40.7 Å². The van der Waals surface area contributed by atoms with Crippen LogP contribution in [0.3, 0.4) is 0 Å². The molecule has 4 rings (SSSR count). The second-order valence-electron chi connectivity index (χ2n) is 10.1. The van der Waals surface area contributed by atoms with E-state index in [9.17, 15) is 14.0 Å². The van der Waals surface area contributed by atoms with Crippen molar-refractivity contribution in [1.82, 2.24) is 15.1 Å². The zero-order valence-corrected chi connectivity index (χ0v) is 23.2. The number of halogens is 3. The van der Waals surface area contributed by atoms with Gasteiger partial charge in [-0.05, 0) is 63.8 Å². The lowest BCUT2D eigenvalue weighted by Crippen LogP contribution is -2.52. The van der Waals surface area contributed by atoms with Crippen LogP contribution in [0.25, 0.3) is 0 Å². The van der Waals surface area contributed by atoms with Crippen LogP contribution in [0, 0.1) is 5.82 Å². The fraction of sp³-hybridized carbons (Fsp3) is 0.500. The highest BCUT2D eigenvalue weighted by molar-refractivity contribution is 6.42. The number of hydrogen-bond donors (Lipinski definition) is 1. The van der Waals surface area contributed by atoms with Crippen LogP contribution in [0.4, 0.5) is 4.39 Å². The second-order valence-corrected chi connectivity index (χ2v) is 10.9. The standard InChI is InChI=1S/C28H34Cl2FN3O4/c1-18(2)38-22-3-5-23(26(31)16-22)28(36)32-19-7-11-33(12-8-19)20-9-13-34(14-10-20)27(35)17-37-21-4-6-24(29)25(30)15-21/h3-6,15-16,18-20H,7-14,17H2,1-2H3,(H,32,36). The highest BCUT2D eigenvalue weighted by atomic mass is 35.5. The number of benzene rings is 2. The number of piperidine rings is 2. The summed E-state index contributed by atoms with van der Waals surface area (Å²) in [6.07, 6.45) is 3.33. The van der Waals surface area contributed by atoms with E-state index in [0.717, 1.165) is 38.8 Å². The molecule has 2 aromatic carbocycles. The summed E-state index contributed by atoms with van der Waals surface area (Å²) in [4.78, 5) is 29.6. The van der Waals surface area contributed by atoms with Gasteiger partial charge in [0.25, 0.3) is 11.8 Å². The molecule has 7 nitrogen and oxygen atoms in total. The topological polar surface area (TPSA) is 71.1 Å². The van der Waals surface area contributed by atoms with Crippen LogP contribution < -0.4 is 14.8 Å². The molecule has 0 radical (unpaired) electrons. The molecule has 0 unspecified atom stereocenters. The van der Waals surface area contributed by atoms with Crippen LogP contribution in [-0.4, -0.2) is 72.6 Å². The van der Waals surface area contributed by atoms with Crippen molar-refractivity contribution in [3.63, 3.8) is 0 Å². The van der Waals surface area contributed by atoms with Crippen molar-refractivity contribution in [2.24, 2.45) is 0 Å². The SMILES string of the molecule is CC(C)Oc1ccc(C(=O)NC2CCN(C3CCN(C(=O)COc4ccc(Cl)c(Cl)c4)CC3)CC2)c(F)c1. The third-order valence-electron chi connectivity index (χ3n) is 7.01. The summed E-state index contributed by atoms with van der Waals surface area (Å²) in [5.74, 6) is -0.104. The molecule has 206 valence electrons. The smallest absolute Gasteiger partial charge is 0.260 e. The fourth-order valence-corrected chi connectivity index (χ4v) is 5.27. The number of likely N-dealkylation sites (tertiary alicyclic amines) is 2. The first-order chi connectivity index (χ1) is 18.2. The van der Waals surface area contributed by atoms with Crippen LogP contribution in [0.2, 0.25) is 10.0 Å². The first-order valence-electron chi connectivity index (χ1n) is 13.1. The number of amides is 2. The van der Waals surface area contributed by atoms with Crippen molar-refractivity contribution in [3.05, 3.63) is 57.8 Å². The number of ether oxygens (including phenoxy) is 2. The van der Waals surface area contributed by atoms with Crippen molar-refractivity contribution in [3.8, 4) is 11.5 Å². The average molecular weight is 567 g/mol. The molecule has 0 atom stereocenters. The van der Waals surface area contributed by atoms with E-state index in [-0.39, 0.29) is 30.2 Å². The third-order valence-corrected chi connectivity index (χ3v) is 7.75. The molecule has 0 aliphatic carbocycles. The Labute approximate surface area is 233 Å². The van der Waals surface area contributed by atoms with Crippen molar-refractivity contribution in [1.29, 1.82) is 0 Å². The largest absolute Gasteiger partial charge is 0.491 e. The molecular formula is C28H34Cl2FN3O4. The van der Waals surface area contributed by atoms with E-state index in [1.54, 1.807) is 24.3 Å². The lowest BCUT2D eigenvalue weighted by atomic mass is 9.97. The van der Waals surface area contributed by atoms with Gasteiger partial charge in [-0.2, -0.15) is 0 Å². The minimum absolute atomic E-state index is 0.00456. The minimum Gasteiger partial charge on any atom is -0.491 e. The summed E-state index contributed by atoms with van der Waals surface area (Å²) < 4.78 is 25.6. The maximum absolute atomic E-state index is 14.5. The van der Waals surface area contributed by atoms with Gasteiger partial charge in [0.2, 0.25) is 0 Å². The summed E-state index contributed by atoms with van der Waals surface area (Å²) in [5.41, 5.74) is 0.0312. The lowest BCUT2D eigenvalue weighted by Gasteiger charge is -2.41. The molecule has 2 fully saturated rings. The Bertz CT molecular complexity index is 1130. The maximum Gasteiger partial charge on any atom is 0.260 e. The number of hydrogen-bond acceptors (Lipinski definition) is 5. The Morgan fingerprint density at radius 3 is 2.29 bits per heavy atom. The molecule has 2 saturated heterocycles. The number of nitrogens with one attached hydrogen (secondary N) is 1. The van der Waals surface area contributed by atoms with E-state index in [1.165, 1.54) is 12.1 Å². The van der Waals surface area contributed by atoms with Crippen molar-refractivity contribution in [2.45, 2.75) is 57.7 Å². The van der Waals surface area contributed by atoms with Crippen molar-refractivity contribution in [2.75, 3.05) is 32.8 Å². The van der Waals surface area contributed by atoms with Crippen LogP contribution in [0.15, 0.2) is 36.4 Å². The van der Waals surface area contributed by atoms with Crippen LogP contribution in [-0.2, 0) is 4.79 Å². The zero-order chi connectivity index (χ0) is 27.2. The number of nitrogens with zero attached hydrogens (tertiary/aromatic N) is 2. The third kappa shape index (κ3) is 7.52. The van der Waals surface area contributed by atoms with Crippen molar-refractivity contribution >= 4 is 35.0 Å². The normalized spacial score (nSPS) is 17.5. The quantitative estimate of drug-likeness (QED) is 0.477. The van der Waals surface area contributed by atoms with Gasteiger partial charge >= 0.3 is 0 Å². The average Bonchev–Trinajstić information content (AvgIpc) is 2.89. The van der Waals surface area contributed by atoms with Gasteiger partial charge < -0.3 is 24.6 Å². The molecule has 2 aliphatic rings. The predicted octanol–water partition coefficient (Wildman–Crippen LogP) is 5.18. The molecule has 0 spiro atoms. The van der Waals surface area contributed by atoms with E-state index in [2.05, 4.69) is 10.2 Å². The lowest BCUT2D eigenvalue weighted by molar-refractivity contribution is -0.135. The van der Waals surface area contributed by atoms with Gasteiger partial charge in [-0.15, -0.1) is 0 Å². The molecule has 38 heavy (non-hydrogen) atoms. The molecule has 0 bridgehead atoms. The number of carbonyl (C=O) groups excluding carboxylic acids is 2. The molecule has 2 heterocycles. The van der Waals surface area contributed by atoms with Gasteiger partial charge in [0.15, 0.2) is 6.61 Å². The Balaban J connectivity index is 1.18. The van der Waals surface area contributed by atoms with E-state index in [4.69, 9.17) is 32.7 Å². The first-order valence-corrected chi connectivity index (χ1v) is 13.8. The van der Waals surface area contributed by atoms with E-state index in [1.807, 2.05) is 18.7 Å². The van der Waals surface area contributed by atoms with E-state index >= 15 is 0 Å². The molecule has 0 aromatic heterocycles. The summed E-state index contributed by atoms with van der Waals surface area (Å²) in [7, 11) is 0. The summed E-state index contributed by atoms with van der Waals surface area (Å²) in [6, 6.07) is 9.69. The zero-order valence-electron chi connectivity index (χ0n) is 21.7. The van der Waals surface area contributed by atoms with Gasteiger partial charge in [-0.25, -0.2) is 4.39 Å². The summed E-state index contributed by atoms with van der Waals surface area (Å²) in [5, 5.41) is 3.81. The Kier molecular flexibility index (Phi) is 9.74. The molecule has 2 aliphatic heterocycles. The summed E-state index contributed by atoms with van der Waals surface area (Å²) in [6.45, 7) is 6.76. The highest BCUT2D eigenvalue weighted by Crippen LogP contribution is 2.27. The number of rotatable bonds is 8. The van der Waals surface area contributed by atoms with Gasteiger partial charge in [0, 0.05) is 50.4 Å². The maximum atomic E-state index is 14.5.